The van der Waals surface area contributed by atoms with Gasteiger partial charge in [-0.25, -0.2) is 0 Å². The molecule has 0 spiro atoms. The van der Waals surface area contributed by atoms with Gasteiger partial charge in [-0.2, -0.15) is 0 Å². The maximum atomic E-state index is 11.8. The second kappa shape index (κ2) is 7.00. The van der Waals surface area contributed by atoms with Crippen LogP contribution in [0.15, 0.2) is 36.4 Å². The molecule has 0 saturated carbocycles. The number of aliphatic hydroxyl groups is 1. The van der Waals surface area contributed by atoms with Crippen molar-refractivity contribution >= 4 is 23.3 Å². The lowest BCUT2D eigenvalue weighted by Crippen LogP contribution is -2.34. The molecule has 1 aromatic rings. The molecule has 22 heavy (non-hydrogen) atoms. The van der Waals surface area contributed by atoms with Gasteiger partial charge >= 0.3 is 0 Å². The molecule has 116 valence electrons. The van der Waals surface area contributed by atoms with Crippen LogP contribution in [0.25, 0.3) is 0 Å². The van der Waals surface area contributed by atoms with Crippen molar-refractivity contribution in [2.75, 3.05) is 11.9 Å². The van der Waals surface area contributed by atoms with E-state index in [1.54, 1.807) is 24.3 Å². The van der Waals surface area contributed by atoms with E-state index in [1.165, 1.54) is 24.0 Å². The molecule has 6 nitrogen and oxygen atoms in total. The highest BCUT2D eigenvalue weighted by Gasteiger charge is 2.22. The first kappa shape index (κ1) is 15.9. The number of carbonyl (C=O) groups excluding carboxylic acids is 3. The molecule has 1 aliphatic rings. The molecule has 1 heterocycles. The highest BCUT2D eigenvalue weighted by Crippen LogP contribution is 2.12. The van der Waals surface area contributed by atoms with E-state index < -0.39 is 6.23 Å². The van der Waals surface area contributed by atoms with Gasteiger partial charge in [0, 0.05) is 30.3 Å². The smallest absolute Gasteiger partial charge is 0.248 e. The van der Waals surface area contributed by atoms with Crippen LogP contribution in [0.1, 0.15) is 30.1 Å². The van der Waals surface area contributed by atoms with Gasteiger partial charge < -0.3 is 15.3 Å². The van der Waals surface area contributed by atoms with Gasteiger partial charge in [-0.15, -0.1) is 0 Å². The zero-order valence-electron chi connectivity index (χ0n) is 12.3. The summed E-state index contributed by atoms with van der Waals surface area (Å²) in [5, 5.41) is 12.2. The Morgan fingerprint density at radius 2 is 1.95 bits per heavy atom. The predicted molar refractivity (Wildman–Crippen MR) is 81.2 cm³/mol. The van der Waals surface area contributed by atoms with E-state index in [2.05, 4.69) is 5.32 Å². The summed E-state index contributed by atoms with van der Waals surface area (Å²) in [6.07, 6.45) is 2.54. The van der Waals surface area contributed by atoms with Crippen molar-refractivity contribution in [1.29, 1.82) is 0 Å². The third-order valence-electron chi connectivity index (χ3n) is 3.39. The van der Waals surface area contributed by atoms with Crippen LogP contribution in [0.5, 0.6) is 0 Å². The summed E-state index contributed by atoms with van der Waals surface area (Å²) in [6, 6.07) is 6.66. The number of amides is 2. The number of benzene rings is 1. The van der Waals surface area contributed by atoms with Crippen LogP contribution in [0, 0.1) is 0 Å². The van der Waals surface area contributed by atoms with Crippen molar-refractivity contribution in [2.24, 2.45) is 0 Å². The van der Waals surface area contributed by atoms with Crippen molar-refractivity contribution < 1.29 is 19.5 Å². The van der Waals surface area contributed by atoms with Crippen molar-refractivity contribution in [3.05, 3.63) is 42.0 Å². The lowest BCUT2D eigenvalue weighted by atomic mass is 10.1. The number of anilines is 1. The summed E-state index contributed by atoms with van der Waals surface area (Å²) >= 11 is 0. The quantitative estimate of drug-likeness (QED) is 0.776. The Balaban J connectivity index is 1.76. The maximum absolute atomic E-state index is 11.8. The van der Waals surface area contributed by atoms with Gasteiger partial charge in [0.15, 0.2) is 5.78 Å². The third-order valence-corrected chi connectivity index (χ3v) is 3.39. The Morgan fingerprint density at radius 3 is 2.50 bits per heavy atom. The molecule has 1 aromatic carbocycles. The van der Waals surface area contributed by atoms with Crippen molar-refractivity contribution in [1.82, 2.24) is 4.90 Å². The molecule has 0 fully saturated rings. The number of aliphatic hydroxyl groups excluding tert-OH is 1. The number of carbonyl (C=O) groups is 3. The number of hydrogen-bond acceptors (Lipinski definition) is 4. The molecule has 1 atom stereocenters. The summed E-state index contributed by atoms with van der Waals surface area (Å²) in [5.41, 5.74) is 1.21. The van der Waals surface area contributed by atoms with E-state index in [1.807, 2.05) is 0 Å². The fourth-order valence-electron chi connectivity index (χ4n) is 2.16. The van der Waals surface area contributed by atoms with Crippen molar-refractivity contribution in [2.45, 2.75) is 26.0 Å². The summed E-state index contributed by atoms with van der Waals surface area (Å²) < 4.78 is 0. The first-order valence-electron chi connectivity index (χ1n) is 7.05. The molecular weight excluding hydrogens is 284 g/mol. The SMILES string of the molecule is CC(=O)c1ccc(NC(=O)CCCN2C(=O)C=CC2O)cc1. The lowest BCUT2D eigenvalue weighted by Gasteiger charge is -2.19. The van der Waals surface area contributed by atoms with Gasteiger partial charge in [-0.05, 0) is 43.7 Å². The Morgan fingerprint density at radius 1 is 1.27 bits per heavy atom. The molecule has 0 saturated heterocycles. The normalized spacial score (nSPS) is 16.9. The fourth-order valence-corrected chi connectivity index (χ4v) is 2.16. The molecule has 1 unspecified atom stereocenters. The molecule has 2 rings (SSSR count). The predicted octanol–water partition coefficient (Wildman–Crippen LogP) is 1.32. The van der Waals surface area contributed by atoms with E-state index in [4.69, 9.17) is 0 Å². The standard InChI is InChI=1S/C16H18N2O4/c1-11(19)12-4-6-13(7-5-12)17-14(20)3-2-10-18-15(21)8-9-16(18)22/h4-9,15,21H,2-3,10H2,1H3,(H,17,20). The van der Waals surface area contributed by atoms with Crippen LogP contribution in [-0.4, -0.2) is 40.4 Å². The first-order valence-corrected chi connectivity index (χ1v) is 7.05. The molecular formula is C16H18N2O4. The number of nitrogens with zero attached hydrogens (tertiary/aromatic N) is 1. The molecule has 2 amide bonds. The largest absolute Gasteiger partial charge is 0.370 e. The number of nitrogens with one attached hydrogen (secondary N) is 1. The lowest BCUT2D eigenvalue weighted by molar-refractivity contribution is -0.131. The zero-order chi connectivity index (χ0) is 16.1. The summed E-state index contributed by atoms with van der Waals surface area (Å²) in [5.74, 6) is -0.447. The average Bonchev–Trinajstić information content (AvgIpc) is 2.79. The summed E-state index contributed by atoms with van der Waals surface area (Å²) in [4.78, 5) is 35.7. The monoisotopic (exact) mass is 302 g/mol. The van der Waals surface area contributed by atoms with Crippen LogP contribution in [-0.2, 0) is 9.59 Å². The van der Waals surface area contributed by atoms with Gasteiger partial charge in [-0.1, -0.05) is 0 Å². The van der Waals surface area contributed by atoms with E-state index >= 15 is 0 Å². The molecule has 2 N–H and O–H groups in total. The topological polar surface area (TPSA) is 86.7 Å². The van der Waals surface area contributed by atoms with Crippen LogP contribution < -0.4 is 5.32 Å². The van der Waals surface area contributed by atoms with Crippen molar-refractivity contribution in [3.8, 4) is 0 Å². The maximum Gasteiger partial charge on any atom is 0.248 e. The van der Waals surface area contributed by atoms with Crippen LogP contribution >= 0.6 is 0 Å². The third kappa shape index (κ3) is 4.02. The molecule has 0 radical (unpaired) electrons. The van der Waals surface area contributed by atoms with Gasteiger partial charge in [-0.3, -0.25) is 14.4 Å². The van der Waals surface area contributed by atoms with E-state index in [0.29, 0.717) is 24.2 Å². The molecule has 0 bridgehead atoms. The van der Waals surface area contributed by atoms with Gasteiger partial charge in [0.1, 0.15) is 6.23 Å². The van der Waals surface area contributed by atoms with Crippen molar-refractivity contribution in [3.63, 3.8) is 0 Å². The Labute approximate surface area is 128 Å². The summed E-state index contributed by atoms with van der Waals surface area (Å²) in [7, 11) is 0. The minimum absolute atomic E-state index is 0.0275. The van der Waals surface area contributed by atoms with E-state index in [-0.39, 0.29) is 24.0 Å². The molecule has 6 heteroatoms. The zero-order valence-corrected chi connectivity index (χ0v) is 12.3. The molecule has 1 aliphatic heterocycles. The first-order chi connectivity index (χ1) is 10.5. The van der Waals surface area contributed by atoms with Crippen LogP contribution in [0.3, 0.4) is 0 Å². The number of hydrogen-bond donors (Lipinski definition) is 2. The minimum Gasteiger partial charge on any atom is -0.370 e. The van der Waals surface area contributed by atoms with Gasteiger partial charge in [0.25, 0.3) is 0 Å². The highest BCUT2D eigenvalue weighted by atomic mass is 16.3. The van der Waals surface area contributed by atoms with Gasteiger partial charge in [0.2, 0.25) is 11.8 Å². The van der Waals surface area contributed by atoms with Crippen LogP contribution in [0.2, 0.25) is 0 Å². The second-order valence-electron chi connectivity index (χ2n) is 5.09. The van der Waals surface area contributed by atoms with Crippen LogP contribution in [0.4, 0.5) is 5.69 Å². The minimum atomic E-state index is -0.894. The highest BCUT2D eigenvalue weighted by molar-refractivity contribution is 5.95. The average molecular weight is 302 g/mol. The number of rotatable bonds is 6. The Kier molecular flexibility index (Phi) is 5.06. The number of Topliss-reactive ketones (excluding diaryl/α,β-unsaturated/α-hetero) is 1. The molecule has 0 aromatic heterocycles. The second-order valence-corrected chi connectivity index (χ2v) is 5.09. The van der Waals surface area contributed by atoms with E-state index in [9.17, 15) is 19.5 Å². The molecule has 0 aliphatic carbocycles. The Bertz CT molecular complexity index is 607. The summed E-state index contributed by atoms with van der Waals surface area (Å²) in [6.45, 7) is 1.81. The fraction of sp³-hybridized carbons (Fsp3) is 0.312. The number of ketones is 1. The van der Waals surface area contributed by atoms with Gasteiger partial charge in [0.05, 0.1) is 0 Å². The van der Waals surface area contributed by atoms with E-state index in [0.717, 1.165) is 0 Å². The Hall–Kier alpha value is -2.47.